The van der Waals surface area contributed by atoms with E-state index in [1.165, 1.54) is 22.3 Å². The predicted octanol–water partition coefficient (Wildman–Crippen LogP) is 5.31. The van der Waals surface area contributed by atoms with Gasteiger partial charge in [-0.3, -0.25) is 4.98 Å². The summed E-state index contributed by atoms with van der Waals surface area (Å²) < 4.78 is 0. The van der Waals surface area contributed by atoms with Crippen LogP contribution in [0, 0.1) is 0 Å². The summed E-state index contributed by atoms with van der Waals surface area (Å²) in [5.41, 5.74) is 8.10. The monoisotopic (exact) mass is 364 g/mol. The molecule has 0 bridgehead atoms. The minimum atomic E-state index is 0.119. The third-order valence-corrected chi connectivity index (χ3v) is 5.40. The normalized spacial score (nSPS) is 12.6. The van der Waals surface area contributed by atoms with Crippen LogP contribution in [-0.2, 0) is 6.54 Å². The number of phenolic OH excluding ortho intramolecular Hbond substituents is 1. The van der Waals surface area contributed by atoms with Gasteiger partial charge in [-0.05, 0) is 46.0 Å². The second-order valence-corrected chi connectivity index (χ2v) is 7.07. The molecule has 0 spiro atoms. The van der Waals surface area contributed by atoms with Gasteiger partial charge in [0.1, 0.15) is 5.75 Å². The lowest BCUT2D eigenvalue weighted by atomic mass is 10.0. The maximum absolute atomic E-state index is 10.4. The second-order valence-electron chi connectivity index (χ2n) is 7.07. The molecule has 2 N–H and O–H groups in total. The largest absolute Gasteiger partial charge is 0.508 e. The molecule has 0 saturated heterocycles. The maximum Gasteiger partial charge on any atom is 0.120 e. The molecule has 0 atom stereocenters. The molecular formula is C25H20N2O. The number of phenols is 1. The highest BCUT2D eigenvalue weighted by molar-refractivity contribution is 5.78. The SMILES string of the molecule is Oc1ccc(-c2cccnc2)cc1CNC1c2ccccc2-c2ccccc21. The molecule has 1 aliphatic carbocycles. The van der Waals surface area contributed by atoms with Gasteiger partial charge in [-0.25, -0.2) is 0 Å². The van der Waals surface area contributed by atoms with Gasteiger partial charge >= 0.3 is 0 Å². The van der Waals surface area contributed by atoms with Gasteiger partial charge in [-0.15, -0.1) is 0 Å². The number of aromatic nitrogens is 1. The van der Waals surface area contributed by atoms with E-state index in [9.17, 15) is 5.11 Å². The average molecular weight is 364 g/mol. The van der Waals surface area contributed by atoms with Crippen LogP contribution in [0.15, 0.2) is 91.3 Å². The fraction of sp³-hybridized carbons (Fsp3) is 0.0800. The second kappa shape index (κ2) is 6.95. The molecule has 0 aliphatic heterocycles. The topological polar surface area (TPSA) is 45.2 Å². The molecule has 5 rings (SSSR count). The number of nitrogens with zero attached hydrogens (tertiary/aromatic N) is 1. The smallest absolute Gasteiger partial charge is 0.120 e. The van der Waals surface area contributed by atoms with Gasteiger partial charge in [0.2, 0.25) is 0 Å². The molecule has 0 unspecified atom stereocenters. The predicted molar refractivity (Wildman–Crippen MR) is 112 cm³/mol. The third-order valence-electron chi connectivity index (χ3n) is 5.40. The van der Waals surface area contributed by atoms with Gasteiger partial charge < -0.3 is 10.4 Å². The summed E-state index contributed by atoms with van der Waals surface area (Å²) in [6.07, 6.45) is 3.61. The van der Waals surface area contributed by atoms with E-state index in [-0.39, 0.29) is 6.04 Å². The minimum absolute atomic E-state index is 0.119. The molecule has 0 radical (unpaired) electrons. The summed E-state index contributed by atoms with van der Waals surface area (Å²) >= 11 is 0. The van der Waals surface area contributed by atoms with Crippen molar-refractivity contribution >= 4 is 0 Å². The Bertz CT molecular complexity index is 1090. The summed E-state index contributed by atoms with van der Waals surface area (Å²) in [5.74, 6) is 0.305. The Kier molecular flexibility index (Phi) is 4.15. The van der Waals surface area contributed by atoms with Gasteiger partial charge in [-0.1, -0.05) is 60.7 Å². The summed E-state index contributed by atoms with van der Waals surface area (Å²) in [6, 6.07) is 26.8. The number of nitrogens with one attached hydrogen (secondary N) is 1. The fourth-order valence-electron chi connectivity index (χ4n) is 4.03. The quantitative estimate of drug-likeness (QED) is 0.515. The maximum atomic E-state index is 10.4. The Morgan fingerprint density at radius 2 is 1.50 bits per heavy atom. The molecule has 1 aromatic heterocycles. The highest BCUT2D eigenvalue weighted by Crippen LogP contribution is 2.43. The Labute approximate surface area is 164 Å². The molecule has 28 heavy (non-hydrogen) atoms. The zero-order valence-corrected chi connectivity index (χ0v) is 15.3. The van der Waals surface area contributed by atoms with Gasteiger partial charge in [-0.2, -0.15) is 0 Å². The van der Waals surface area contributed by atoms with Crippen molar-refractivity contribution in [3.63, 3.8) is 0 Å². The van der Waals surface area contributed by atoms with Crippen molar-refractivity contribution in [2.24, 2.45) is 0 Å². The van der Waals surface area contributed by atoms with Crippen molar-refractivity contribution < 1.29 is 5.11 Å². The molecule has 136 valence electrons. The molecule has 1 heterocycles. The molecule has 0 amide bonds. The molecular weight excluding hydrogens is 344 g/mol. The van der Waals surface area contributed by atoms with Crippen LogP contribution >= 0.6 is 0 Å². The van der Waals surface area contributed by atoms with Gasteiger partial charge in [0.15, 0.2) is 0 Å². The summed E-state index contributed by atoms with van der Waals surface area (Å²) in [7, 11) is 0. The number of hydrogen-bond donors (Lipinski definition) is 2. The van der Waals surface area contributed by atoms with Gasteiger partial charge in [0, 0.05) is 30.1 Å². The number of aromatic hydroxyl groups is 1. The van der Waals surface area contributed by atoms with Crippen LogP contribution in [0.1, 0.15) is 22.7 Å². The van der Waals surface area contributed by atoms with E-state index in [4.69, 9.17) is 0 Å². The first kappa shape index (κ1) is 16.7. The Morgan fingerprint density at radius 3 is 2.18 bits per heavy atom. The van der Waals surface area contributed by atoms with E-state index in [1.54, 1.807) is 12.3 Å². The third kappa shape index (κ3) is 2.86. The Hall–Kier alpha value is -3.43. The van der Waals surface area contributed by atoms with Crippen LogP contribution in [0.3, 0.4) is 0 Å². The number of benzene rings is 3. The molecule has 3 aromatic carbocycles. The highest BCUT2D eigenvalue weighted by Gasteiger charge is 2.27. The van der Waals surface area contributed by atoms with E-state index in [0.717, 1.165) is 16.7 Å². The molecule has 3 nitrogen and oxygen atoms in total. The van der Waals surface area contributed by atoms with E-state index in [0.29, 0.717) is 12.3 Å². The van der Waals surface area contributed by atoms with Crippen molar-refractivity contribution in [1.29, 1.82) is 0 Å². The Morgan fingerprint density at radius 1 is 0.786 bits per heavy atom. The lowest BCUT2D eigenvalue weighted by Gasteiger charge is -2.17. The number of hydrogen-bond acceptors (Lipinski definition) is 3. The first-order chi connectivity index (χ1) is 13.8. The minimum Gasteiger partial charge on any atom is -0.508 e. The van der Waals surface area contributed by atoms with Crippen molar-refractivity contribution in [2.45, 2.75) is 12.6 Å². The van der Waals surface area contributed by atoms with Crippen LogP contribution in [0.5, 0.6) is 5.75 Å². The van der Waals surface area contributed by atoms with E-state index >= 15 is 0 Å². The first-order valence-corrected chi connectivity index (χ1v) is 9.45. The number of fused-ring (bicyclic) bond motifs is 3. The van der Waals surface area contributed by atoms with Crippen molar-refractivity contribution in [3.8, 4) is 28.0 Å². The first-order valence-electron chi connectivity index (χ1n) is 9.45. The number of rotatable bonds is 4. The average Bonchev–Trinajstić information content (AvgIpc) is 3.08. The molecule has 3 heteroatoms. The van der Waals surface area contributed by atoms with E-state index in [2.05, 4.69) is 58.8 Å². The standard InChI is InChI=1S/C25H20N2O/c28-24-12-11-17(18-6-5-13-26-15-18)14-19(24)16-27-25-22-9-3-1-7-20(22)21-8-2-4-10-23(21)25/h1-15,25,27-28H,16H2. The highest BCUT2D eigenvalue weighted by atomic mass is 16.3. The molecule has 0 fully saturated rings. The van der Waals surface area contributed by atoms with E-state index in [1.807, 2.05) is 30.5 Å². The summed E-state index contributed by atoms with van der Waals surface area (Å²) in [4.78, 5) is 4.19. The fourth-order valence-corrected chi connectivity index (χ4v) is 4.03. The lowest BCUT2D eigenvalue weighted by Crippen LogP contribution is -2.20. The summed E-state index contributed by atoms with van der Waals surface area (Å²) in [6.45, 7) is 0.577. The van der Waals surface area contributed by atoms with E-state index < -0.39 is 0 Å². The Balaban J connectivity index is 1.46. The van der Waals surface area contributed by atoms with Crippen LogP contribution in [0.4, 0.5) is 0 Å². The number of pyridine rings is 1. The zero-order valence-electron chi connectivity index (χ0n) is 15.3. The zero-order chi connectivity index (χ0) is 18.9. The van der Waals surface area contributed by atoms with Gasteiger partial charge in [0.05, 0.1) is 6.04 Å². The van der Waals surface area contributed by atoms with Crippen LogP contribution < -0.4 is 5.32 Å². The van der Waals surface area contributed by atoms with Crippen LogP contribution in [0.2, 0.25) is 0 Å². The van der Waals surface area contributed by atoms with Crippen molar-refractivity contribution in [2.75, 3.05) is 0 Å². The lowest BCUT2D eigenvalue weighted by molar-refractivity contribution is 0.462. The summed E-state index contributed by atoms with van der Waals surface area (Å²) in [5, 5.41) is 14.0. The van der Waals surface area contributed by atoms with Crippen LogP contribution in [0.25, 0.3) is 22.3 Å². The van der Waals surface area contributed by atoms with Crippen molar-refractivity contribution in [3.05, 3.63) is 108 Å². The molecule has 1 aliphatic rings. The van der Waals surface area contributed by atoms with Gasteiger partial charge in [0.25, 0.3) is 0 Å². The van der Waals surface area contributed by atoms with Crippen LogP contribution in [-0.4, -0.2) is 10.1 Å². The molecule has 0 saturated carbocycles. The van der Waals surface area contributed by atoms with Crippen molar-refractivity contribution in [1.82, 2.24) is 10.3 Å². The molecule has 4 aromatic rings.